The third kappa shape index (κ3) is 2.24. The molecular formula is C17H15NO4. The summed E-state index contributed by atoms with van der Waals surface area (Å²) in [6.45, 7) is 1.59. The Labute approximate surface area is 128 Å². The van der Waals surface area contributed by atoms with Crippen LogP contribution in [-0.2, 0) is 11.3 Å². The maximum atomic E-state index is 12.4. The lowest BCUT2D eigenvalue weighted by Crippen LogP contribution is -2.32. The van der Waals surface area contributed by atoms with Crippen LogP contribution < -0.4 is 19.1 Å². The first-order valence-corrected chi connectivity index (χ1v) is 7.22. The SMILES string of the molecule is O=C1COc2ccccc2CN1c1ccc2c(c1)OCCO2. The van der Waals surface area contributed by atoms with Gasteiger partial charge in [-0.1, -0.05) is 18.2 Å². The van der Waals surface area contributed by atoms with E-state index in [1.807, 2.05) is 42.5 Å². The zero-order valence-electron chi connectivity index (χ0n) is 12.0. The van der Waals surface area contributed by atoms with E-state index in [4.69, 9.17) is 14.2 Å². The highest BCUT2D eigenvalue weighted by Gasteiger charge is 2.24. The monoisotopic (exact) mass is 297 g/mol. The summed E-state index contributed by atoms with van der Waals surface area (Å²) >= 11 is 0. The molecule has 0 bridgehead atoms. The Morgan fingerprint density at radius 3 is 2.59 bits per heavy atom. The summed E-state index contributed by atoms with van der Waals surface area (Å²) < 4.78 is 16.7. The number of hydrogen-bond acceptors (Lipinski definition) is 4. The number of fused-ring (bicyclic) bond motifs is 2. The first kappa shape index (κ1) is 13.0. The lowest BCUT2D eigenvalue weighted by Gasteiger charge is -2.23. The Balaban J connectivity index is 1.70. The van der Waals surface area contributed by atoms with Gasteiger partial charge in [-0.25, -0.2) is 0 Å². The molecule has 22 heavy (non-hydrogen) atoms. The van der Waals surface area contributed by atoms with Gasteiger partial charge in [-0.15, -0.1) is 0 Å². The average molecular weight is 297 g/mol. The minimum Gasteiger partial charge on any atom is -0.486 e. The molecular weight excluding hydrogens is 282 g/mol. The van der Waals surface area contributed by atoms with E-state index in [1.165, 1.54) is 0 Å². The van der Waals surface area contributed by atoms with Crippen LogP contribution in [0.2, 0.25) is 0 Å². The topological polar surface area (TPSA) is 48.0 Å². The predicted molar refractivity (Wildman–Crippen MR) is 80.6 cm³/mol. The van der Waals surface area contributed by atoms with Gasteiger partial charge in [-0.2, -0.15) is 0 Å². The van der Waals surface area contributed by atoms with Crippen molar-refractivity contribution in [3.05, 3.63) is 48.0 Å². The number of carbonyl (C=O) groups excluding carboxylic acids is 1. The Morgan fingerprint density at radius 1 is 0.864 bits per heavy atom. The summed E-state index contributed by atoms with van der Waals surface area (Å²) in [5.41, 5.74) is 1.78. The number of amides is 1. The van der Waals surface area contributed by atoms with Crippen LogP contribution in [0, 0.1) is 0 Å². The highest BCUT2D eigenvalue weighted by Crippen LogP contribution is 2.35. The van der Waals surface area contributed by atoms with E-state index in [2.05, 4.69) is 0 Å². The molecule has 0 fully saturated rings. The van der Waals surface area contributed by atoms with Crippen molar-refractivity contribution in [2.24, 2.45) is 0 Å². The van der Waals surface area contributed by atoms with Crippen LogP contribution in [0.25, 0.3) is 0 Å². The largest absolute Gasteiger partial charge is 0.486 e. The van der Waals surface area contributed by atoms with Crippen LogP contribution in [0.3, 0.4) is 0 Å². The Bertz CT molecular complexity index is 728. The molecule has 0 N–H and O–H groups in total. The molecule has 2 aromatic carbocycles. The van der Waals surface area contributed by atoms with Gasteiger partial charge in [-0.3, -0.25) is 4.79 Å². The predicted octanol–water partition coefficient (Wildman–Crippen LogP) is 2.38. The van der Waals surface area contributed by atoms with Crippen LogP contribution in [0.15, 0.2) is 42.5 Å². The molecule has 0 aromatic heterocycles. The molecule has 1 amide bonds. The van der Waals surface area contributed by atoms with Gasteiger partial charge in [0.25, 0.3) is 5.91 Å². The molecule has 0 aliphatic carbocycles. The maximum absolute atomic E-state index is 12.4. The van der Waals surface area contributed by atoms with Gasteiger partial charge in [-0.05, 0) is 18.2 Å². The number of para-hydroxylation sites is 1. The molecule has 0 atom stereocenters. The number of hydrogen-bond donors (Lipinski definition) is 0. The minimum atomic E-state index is -0.0760. The summed E-state index contributed by atoms with van der Waals surface area (Å²) in [4.78, 5) is 14.1. The van der Waals surface area contributed by atoms with Crippen LogP contribution >= 0.6 is 0 Å². The fourth-order valence-corrected chi connectivity index (χ4v) is 2.69. The lowest BCUT2D eigenvalue weighted by atomic mass is 10.1. The van der Waals surface area contributed by atoms with Gasteiger partial charge in [0.1, 0.15) is 19.0 Å². The second kappa shape index (κ2) is 5.26. The fourth-order valence-electron chi connectivity index (χ4n) is 2.69. The van der Waals surface area contributed by atoms with Crippen LogP contribution in [0.4, 0.5) is 5.69 Å². The van der Waals surface area contributed by atoms with Crippen molar-refractivity contribution in [1.82, 2.24) is 0 Å². The summed E-state index contributed by atoms with van der Waals surface area (Å²) in [5, 5.41) is 0. The number of nitrogens with zero attached hydrogens (tertiary/aromatic N) is 1. The second-order valence-corrected chi connectivity index (χ2v) is 5.20. The van der Waals surface area contributed by atoms with Gasteiger partial charge < -0.3 is 19.1 Å². The maximum Gasteiger partial charge on any atom is 0.265 e. The number of ether oxygens (including phenoxy) is 3. The van der Waals surface area contributed by atoms with Crippen molar-refractivity contribution in [2.45, 2.75) is 6.54 Å². The number of carbonyl (C=O) groups is 1. The Morgan fingerprint density at radius 2 is 1.68 bits per heavy atom. The zero-order valence-corrected chi connectivity index (χ0v) is 12.0. The molecule has 2 heterocycles. The molecule has 112 valence electrons. The third-order valence-electron chi connectivity index (χ3n) is 3.79. The van der Waals surface area contributed by atoms with Crippen molar-refractivity contribution >= 4 is 11.6 Å². The zero-order chi connectivity index (χ0) is 14.9. The molecule has 5 nitrogen and oxygen atoms in total. The van der Waals surface area contributed by atoms with Gasteiger partial charge in [0.15, 0.2) is 18.1 Å². The van der Waals surface area contributed by atoms with E-state index in [9.17, 15) is 4.79 Å². The number of benzene rings is 2. The van der Waals surface area contributed by atoms with E-state index in [0.29, 0.717) is 31.3 Å². The van der Waals surface area contributed by atoms with Crippen molar-refractivity contribution in [1.29, 1.82) is 0 Å². The van der Waals surface area contributed by atoms with Gasteiger partial charge >= 0.3 is 0 Å². The highest BCUT2D eigenvalue weighted by atomic mass is 16.6. The van der Waals surface area contributed by atoms with Gasteiger partial charge in [0.2, 0.25) is 0 Å². The first-order valence-electron chi connectivity index (χ1n) is 7.22. The summed E-state index contributed by atoms with van der Waals surface area (Å²) in [7, 11) is 0. The molecule has 0 radical (unpaired) electrons. The van der Waals surface area contributed by atoms with E-state index >= 15 is 0 Å². The quantitative estimate of drug-likeness (QED) is 0.811. The van der Waals surface area contributed by atoms with E-state index < -0.39 is 0 Å². The second-order valence-electron chi connectivity index (χ2n) is 5.20. The van der Waals surface area contributed by atoms with Crippen LogP contribution in [0.5, 0.6) is 17.2 Å². The molecule has 2 aliphatic heterocycles. The Hall–Kier alpha value is -2.69. The van der Waals surface area contributed by atoms with Crippen molar-refractivity contribution in [3.8, 4) is 17.2 Å². The standard InChI is InChI=1S/C17H15NO4/c19-17-11-22-14-4-2-1-3-12(14)10-18(17)13-5-6-15-16(9-13)21-8-7-20-15/h1-6,9H,7-8,10-11H2. The van der Waals surface area contributed by atoms with Crippen molar-refractivity contribution in [3.63, 3.8) is 0 Å². The van der Waals surface area contributed by atoms with Gasteiger partial charge in [0.05, 0.1) is 6.54 Å². The third-order valence-corrected chi connectivity index (χ3v) is 3.79. The Kier molecular flexibility index (Phi) is 3.11. The van der Waals surface area contributed by atoms with Crippen LogP contribution in [0.1, 0.15) is 5.56 Å². The molecule has 5 heteroatoms. The van der Waals surface area contributed by atoms with Crippen molar-refractivity contribution < 1.29 is 19.0 Å². The molecule has 2 aromatic rings. The summed E-state index contributed by atoms with van der Waals surface area (Å²) in [5.74, 6) is 2.08. The number of rotatable bonds is 1. The van der Waals surface area contributed by atoms with E-state index in [-0.39, 0.29) is 12.5 Å². The molecule has 0 spiro atoms. The average Bonchev–Trinajstić information content (AvgIpc) is 2.74. The summed E-state index contributed by atoms with van der Waals surface area (Å²) in [6, 6.07) is 13.3. The number of anilines is 1. The molecule has 4 rings (SSSR count). The molecule has 0 saturated heterocycles. The highest BCUT2D eigenvalue weighted by molar-refractivity contribution is 5.95. The smallest absolute Gasteiger partial charge is 0.265 e. The van der Waals surface area contributed by atoms with Crippen LogP contribution in [-0.4, -0.2) is 25.7 Å². The fraction of sp³-hybridized carbons (Fsp3) is 0.235. The van der Waals surface area contributed by atoms with Crippen molar-refractivity contribution in [2.75, 3.05) is 24.7 Å². The first-order chi connectivity index (χ1) is 10.8. The van der Waals surface area contributed by atoms with E-state index in [1.54, 1.807) is 4.90 Å². The minimum absolute atomic E-state index is 0.0332. The molecule has 2 aliphatic rings. The lowest BCUT2D eigenvalue weighted by molar-refractivity contribution is -0.120. The molecule has 0 saturated carbocycles. The van der Waals surface area contributed by atoms with Gasteiger partial charge in [0, 0.05) is 17.3 Å². The molecule has 0 unspecified atom stereocenters. The summed E-state index contributed by atoms with van der Waals surface area (Å²) in [6.07, 6.45) is 0. The van der Waals surface area contributed by atoms with E-state index in [0.717, 1.165) is 17.0 Å². The normalized spacial score (nSPS) is 16.5.